The Kier molecular flexibility index (Phi) is 4.87. The number of carbonyl (C=O) groups is 2. The van der Waals surface area contributed by atoms with Crippen molar-refractivity contribution in [2.75, 3.05) is 12.0 Å². The first-order valence-corrected chi connectivity index (χ1v) is 8.47. The van der Waals surface area contributed by atoms with Gasteiger partial charge in [0.1, 0.15) is 5.75 Å². The molecule has 0 unspecified atom stereocenters. The molecule has 126 valence electrons. The number of anilines is 1. The highest BCUT2D eigenvalue weighted by atomic mass is 32.2. The summed E-state index contributed by atoms with van der Waals surface area (Å²) in [6.07, 6.45) is 1.74. The summed E-state index contributed by atoms with van der Waals surface area (Å²) in [4.78, 5) is 25.7. The number of thioether (sulfide) groups is 1. The third kappa shape index (κ3) is 3.57. The van der Waals surface area contributed by atoms with Gasteiger partial charge in [-0.05, 0) is 42.0 Å². The van der Waals surface area contributed by atoms with Gasteiger partial charge in [-0.25, -0.2) is 4.79 Å². The van der Waals surface area contributed by atoms with Crippen LogP contribution < -0.4 is 9.64 Å². The van der Waals surface area contributed by atoms with Gasteiger partial charge in [-0.15, -0.1) is 0 Å². The van der Waals surface area contributed by atoms with Gasteiger partial charge in [-0.1, -0.05) is 42.2 Å². The molecule has 1 aliphatic heterocycles. The van der Waals surface area contributed by atoms with Crippen LogP contribution in [0.1, 0.15) is 15.9 Å². The van der Waals surface area contributed by atoms with Crippen molar-refractivity contribution >= 4 is 51.9 Å². The molecule has 0 radical (unpaired) electrons. The van der Waals surface area contributed by atoms with E-state index in [1.165, 1.54) is 28.8 Å². The number of carboxylic acid groups (broad SMARTS) is 1. The predicted molar refractivity (Wildman–Crippen MR) is 102 cm³/mol. The molecule has 1 N–H and O–H groups in total. The Morgan fingerprint density at radius 1 is 1.24 bits per heavy atom. The third-order valence-electron chi connectivity index (χ3n) is 3.54. The van der Waals surface area contributed by atoms with Crippen LogP contribution >= 0.6 is 24.0 Å². The first-order valence-electron chi connectivity index (χ1n) is 7.25. The topological polar surface area (TPSA) is 66.8 Å². The fraction of sp³-hybridized carbons (Fsp3) is 0.0556. The van der Waals surface area contributed by atoms with Gasteiger partial charge in [0.25, 0.3) is 5.91 Å². The smallest absolute Gasteiger partial charge is 0.335 e. The molecule has 1 saturated heterocycles. The molecule has 0 aliphatic carbocycles. The maximum Gasteiger partial charge on any atom is 0.335 e. The second-order valence-corrected chi connectivity index (χ2v) is 6.82. The molecule has 5 nitrogen and oxygen atoms in total. The third-order valence-corrected chi connectivity index (χ3v) is 4.84. The summed E-state index contributed by atoms with van der Waals surface area (Å²) in [5, 5.41) is 9.12. The number of carbonyl (C=O) groups excluding carboxylic acids is 1. The minimum absolute atomic E-state index is 0.100. The molecule has 0 aromatic heterocycles. The van der Waals surface area contributed by atoms with Crippen molar-refractivity contribution < 1.29 is 19.4 Å². The number of benzene rings is 2. The summed E-state index contributed by atoms with van der Waals surface area (Å²) in [7, 11) is 1.58. The zero-order valence-electron chi connectivity index (χ0n) is 13.1. The van der Waals surface area contributed by atoms with Crippen LogP contribution in [0.3, 0.4) is 0 Å². The maximum atomic E-state index is 12.7. The van der Waals surface area contributed by atoms with Gasteiger partial charge >= 0.3 is 5.97 Å². The molecule has 7 heteroatoms. The van der Waals surface area contributed by atoms with Gasteiger partial charge < -0.3 is 9.84 Å². The van der Waals surface area contributed by atoms with E-state index in [9.17, 15) is 9.59 Å². The number of amides is 1. The predicted octanol–water partition coefficient (Wildman–Crippen LogP) is 3.80. The minimum atomic E-state index is -1.06. The van der Waals surface area contributed by atoms with Gasteiger partial charge in [0.2, 0.25) is 0 Å². The number of thiocarbonyl (C=S) groups is 1. The van der Waals surface area contributed by atoms with E-state index in [0.29, 0.717) is 20.7 Å². The van der Waals surface area contributed by atoms with Gasteiger partial charge in [0.15, 0.2) is 4.32 Å². The van der Waals surface area contributed by atoms with Gasteiger partial charge in [-0.3, -0.25) is 9.69 Å². The highest BCUT2D eigenvalue weighted by Gasteiger charge is 2.33. The lowest BCUT2D eigenvalue weighted by Gasteiger charge is -2.14. The van der Waals surface area contributed by atoms with Crippen LogP contribution in [0.15, 0.2) is 53.4 Å². The largest absolute Gasteiger partial charge is 0.497 e. The number of carboxylic acids is 1. The number of rotatable bonds is 4. The van der Waals surface area contributed by atoms with Crippen molar-refractivity contribution in [3.05, 3.63) is 64.6 Å². The fourth-order valence-electron chi connectivity index (χ4n) is 2.35. The second kappa shape index (κ2) is 7.08. The lowest BCUT2D eigenvalue weighted by atomic mass is 10.1. The van der Waals surface area contributed by atoms with E-state index in [4.69, 9.17) is 22.1 Å². The lowest BCUT2D eigenvalue weighted by molar-refractivity contribution is -0.113. The normalized spacial score (nSPS) is 15.7. The summed E-state index contributed by atoms with van der Waals surface area (Å²) in [6, 6.07) is 13.5. The van der Waals surface area contributed by atoms with Crippen molar-refractivity contribution in [1.29, 1.82) is 0 Å². The Hall–Kier alpha value is -2.64. The van der Waals surface area contributed by atoms with E-state index >= 15 is 0 Å². The van der Waals surface area contributed by atoms with E-state index < -0.39 is 5.97 Å². The van der Waals surface area contributed by atoms with E-state index in [1.54, 1.807) is 25.3 Å². The van der Waals surface area contributed by atoms with Crippen LogP contribution in [0.2, 0.25) is 0 Å². The van der Waals surface area contributed by atoms with E-state index in [0.717, 1.165) is 5.56 Å². The summed E-state index contributed by atoms with van der Waals surface area (Å²) < 4.78 is 5.54. The molecule has 0 bridgehead atoms. The van der Waals surface area contributed by atoms with E-state index in [-0.39, 0.29) is 11.5 Å². The Balaban J connectivity index is 1.93. The quantitative estimate of drug-likeness (QED) is 0.651. The van der Waals surface area contributed by atoms with Crippen LogP contribution in [0, 0.1) is 0 Å². The van der Waals surface area contributed by atoms with Crippen molar-refractivity contribution in [3.63, 3.8) is 0 Å². The summed E-state index contributed by atoms with van der Waals surface area (Å²) in [5.74, 6) is -0.641. The summed E-state index contributed by atoms with van der Waals surface area (Å²) in [5.41, 5.74) is 1.36. The molecular weight excluding hydrogens is 358 g/mol. The van der Waals surface area contributed by atoms with Crippen LogP contribution in [0.4, 0.5) is 5.69 Å². The Morgan fingerprint density at radius 3 is 2.72 bits per heavy atom. The molecule has 0 spiro atoms. The number of hydrogen-bond donors (Lipinski definition) is 1. The Bertz CT molecular complexity index is 907. The standard InChI is InChI=1S/C18H13NO4S2/c1-23-14-7-2-4-11(8-14)9-15-16(20)19(18(24)25-15)13-6-3-5-12(10-13)17(21)22/h2-10H,1H3,(H,21,22). The van der Waals surface area contributed by atoms with Crippen LogP contribution in [-0.2, 0) is 4.79 Å². The van der Waals surface area contributed by atoms with Crippen LogP contribution in [0.5, 0.6) is 5.75 Å². The number of ether oxygens (including phenoxy) is 1. The summed E-state index contributed by atoms with van der Waals surface area (Å²) in [6.45, 7) is 0. The second-order valence-electron chi connectivity index (χ2n) is 5.15. The van der Waals surface area contributed by atoms with Gasteiger partial charge in [0.05, 0.1) is 23.3 Å². The number of methoxy groups -OCH3 is 1. The molecule has 0 saturated carbocycles. The highest BCUT2D eigenvalue weighted by molar-refractivity contribution is 8.27. The average molecular weight is 371 g/mol. The highest BCUT2D eigenvalue weighted by Crippen LogP contribution is 2.36. The maximum absolute atomic E-state index is 12.7. The van der Waals surface area contributed by atoms with Crippen LogP contribution in [-0.4, -0.2) is 28.4 Å². The number of nitrogens with zero attached hydrogens (tertiary/aromatic N) is 1. The lowest BCUT2D eigenvalue weighted by Crippen LogP contribution is -2.27. The number of hydrogen-bond acceptors (Lipinski definition) is 5. The zero-order chi connectivity index (χ0) is 18.0. The first kappa shape index (κ1) is 17.2. The van der Waals surface area contributed by atoms with Crippen molar-refractivity contribution in [2.24, 2.45) is 0 Å². The first-order chi connectivity index (χ1) is 12.0. The van der Waals surface area contributed by atoms with Crippen molar-refractivity contribution in [1.82, 2.24) is 0 Å². The molecule has 1 aliphatic rings. The van der Waals surface area contributed by atoms with Gasteiger partial charge in [0, 0.05) is 0 Å². The molecule has 2 aromatic rings. The Morgan fingerprint density at radius 2 is 2.00 bits per heavy atom. The van der Waals surface area contributed by atoms with E-state index in [2.05, 4.69) is 0 Å². The minimum Gasteiger partial charge on any atom is -0.497 e. The molecule has 1 amide bonds. The molecule has 3 rings (SSSR count). The molecule has 1 heterocycles. The molecule has 2 aromatic carbocycles. The Labute approximate surface area is 153 Å². The van der Waals surface area contributed by atoms with Crippen molar-refractivity contribution in [2.45, 2.75) is 0 Å². The summed E-state index contributed by atoms with van der Waals surface area (Å²) >= 11 is 6.49. The molecule has 0 atom stereocenters. The average Bonchev–Trinajstić information content (AvgIpc) is 2.88. The molecule has 25 heavy (non-hydrogen) atoms. The van der Waals surface area contributed by atoms with Gasteiger partial charge in [-0.2, -0.15) is 0 Å². The molecular formula is C18H13NO4S2. The fourth-order valence-corrected chi connectivity index (χ4v) is 3.65. The molecule has 1 fully saturated rings. The van der Waals surface area contributed by atoms with Crippen molar-refractivity contribution in [3.8, 4) is 5.75 Å². The SMILES string of the molecule is COc1cccc(C=C2SC(=S)N(c3cccc(C(=O)O)c3)C2=O)c1. The number of aromatic carboxylic acids is 1. The van der Waals surface area contributed by atoms with Crippen LogP contribution in [0.25, 0.3) is 6.08 Å². The zero-order valence-corrected chi connectivity index (χ0v) is 14.8. The van der Waals surface area contributed by atoms with E-state index in [1.807, 2.05) is 24.3 Å². The monoisotopic (exact) mass is 371 g/mol.